The zero-order valence-corrected chi connectivity index (χ0v) is 13.8. The van der Waals surface area contributed by atoms with Gasteiger partial charge >= 0.3 is 0 Å². The van der Waals surface area contributed by atoms with Crippen molar-refractivity contribution in [2.45, 2.75) is 26.2 Å². The zero-order chi connectivity index (χ0) is 18.0. The normalized spacial score (nSPS) is 22.4. The van der Waals surface area contributed by atoms with Crippen LogP contribution in [0.15, 0.2) is 36.0 Å². The van der Waals surface area contributed by atoms with E-state index in [1.54, 1.807) is 24.3 Å². The number of carbonyl (C=O) groups is 4. The molecular formula is C18H19N3O4. The molecule has 0 spiro atoms. The van der Waals surface area contributed by atoms with Crippen molar-refractivity contribution in [3.63, 3.8) is 0 Å². The molecule has 3 amide bonds. The summed E-state index contributed by atoms with van der Waals surface area (Å²) in [6.07, 6.45) is 2.79. The minimum atomic E-state index is -0.706. The molecule has 2 aliphatic rings. The lowest BCUT2D eigenvalue weighted by atomic mass is 9.76. The Kier molecular flexibility index (Phi) is 4.65. The van der Waals surface area contributed by atoms with E-state index in [4.69, 9.17) is 0 Å². The Bertz CT molecular complexity index is 767. The number of hydrogen-bond donors (Lipinski definition) is 3. The number of ketones is 1. The second-order valence-corrected chi connectivity index (χ2v) is 6.25. The summed E-state index contributed by atoms with van der Waals surface area (Å²) in [5, 5.41) is 8.10. The topological polar surface area (TPSA) is 104 Å². The molecule has 1 aliphatic carbocycles. The van der Waals surface area contributed by atoms with Crippen LogP contribution in [0.5, 0.6) is 0 Å². The Morgan fingerprint density at radius 1 is 1.08 bits per heavy atom. The largest absolute Gasteiger partial charge is 0.329 e. The Morgan fingerprint density at radius 3 is 2.36 bits per heavy atom. The predicted octanol–water partition coefficient (Wildman–Crippen LogP) is 1.58. The molecule has 7 nitrogen and oxygen atoms in total. The molecule has 0 saturated carbocycles. The van der Waals surface area contributed by atoms with E-state index < -0.39 is 11.8 Å². The monoisotopic (exact) mass is 341 g/mol. The van der Waals surface area contributed by atoms with E-state index >= 15 is 0 Å². The number of rotatable bonds is 3. The number of carbonyl (C=O) groups excluding carboxylic acids is 4. The van der Waals surface area contributed by atoms with Crippen LogP contribution < -0.4 is 16.0 Å². The maximum Gasteiger partial charge on any atom is 0.229 e. The highest BCUT2D eigenvalue weighted by atomic mass is 16.2. The molecular weight excluding hydrogens is 322 g/mol. The van der Waals surface area contributed by atoms with E-state index in [2.05, 4.69) is 16.0 Å². The zero-order valence-electron chi connectivity index (χ0n) is 13.8. The second kappa shape index (κ2) is 6.88. The maximum absolute atomic E-state index is 12.6. The van der Waals surface area contributed by atoms with Gasteiger partial charge in [0.15, 0.2) is 0 Å². The summed E-state index contributed by atoms with van der Waals surface area (Å²) in [5.74, 6) is -2.08. The average molecular weight is 341 g/mol. The Balaban J connectivity index is 1.74. The molecule has 0 radical (unpaired) electrons. The number of benzene rings is 1. The molecule has 130 valence electrons. The van der Waals surface area contributed by atoms with E-state index in [9.17, 15) is 19.2 Å². The molecule has 2 atom stereocenters. The Labute approximate surface area is 144 Å². The lowest BCUT2D eigenvalue weighted by Gasteiger charge is -2.34. The predicted molar refractivity (Wildman–Crippen MR) is 91.4 cm³/mol. The van der Waals surface area contributed by atoms with Crippen molar-refractivity contribution in [1.82, 2.24) is 5.32 Å². The SMILES string of the molecule is CC(=O)Nc1ccc(NC(=O)[C@H]2CC(=O)NC3=CCCC(=O)[C@H]32)cc1. The van der Waals surface area contributed by atoms with Gasteiger partial charge in [0, 0.05) is 36.8 Å². The minimum absolute atomic E-state index is 0.0104. The molecule has 3 N–H and O–H groups in total. The van der Waals surface area contributed by atoms with Crippen LogP contribution in [0.25, 0.3) is 0 Å². The van der Waals surface area contributed by atoms with Crippen molar-refractivity contribution in [3.8, 4) is 0 Å². The van der Waals surface area contributed by atoms with E-state index in [0.29, 0.717) is 29.9 Å². The third-order valence-corrected chi connectivity index (χ3v) is 4.34. The summed E-state index contributed by atoms with van der Waals surface area (Å²) in [4.78, 5) is 47.8. The van der Waals surface area contributed by atoms with E-state index in [-0.39, 0.29) is 29.9 Å². The fourth-order valence-corrected chi connectivity index (χ4v) is 3.24. The lowest BCUT2D eigenvalue weighted by Crippen LogP contribution is -2.47. The summed E-state index contributed by atoms with van der Waals surface area (Å²) in [6, 6.07) is 6.65. The smallest absolute Gasteiger partial charge is 0.229 e. The Hall–Kier alpha value is -2.96. The first-order valence-electron chi connectivity index (χ1n) is 8.15. The van der Waals surface area contributed by atoms with E-state index in [0.717, 1.165) is 0 Å². The quantitative estimate of drug-likeness (QED) is 0.776. The molecule has 7 heteroatoms. The van der Waals surface area contributed by atoms with Gasteiger partial charge in [0.1, 0.15) is 5.78 Å². The fraction of sp³-hybridized carbons (Fsp3) is 0.333. The molecule has 1 aromatic rings. The number of fused-ring (bicyclic) bond motifs is 1. The van der Waals surface area contributed by atoms with Gasteiger partial charge in [-0.15, -0.1) is 0 Å². The number of Topliss-reactive ketones (excluding diaryl/α,β-unsaturated/α-hetero) is 1. The van der Waals surface area contributed by atoms with Gasteiger partial charge in [0.05, 0.1) is 11.8 Å². The van der Waals surface area contributed by atoms with Gasteiger partial charge in [0.2, 0.25) is 17.7 Å². The Morgan fingerprint density at radius 2 is 1.72 bits per heavy atom. The van der Waals surface area contributed by atoms with E-state index in [1.807, 2.05) is 6.08 Å². The van der Waals surface area contributed by atoms with Crippen LogP contribution in [0.2, 0.25) is 0 Å². The van der Waals surface area contributed by atoms with Crippen LogP contribution in [0.1, 0.15) is 26.2 Å². The highest BCUT2D eigenvalue weighted by molar-refractivity contribution is 6.02. The molecule has 1 fully saturated rings. The summed E-state index contributed by atoms with van der Waals surface area (Å²) in [5.41, 5.74) is 1.71. The van der Waals surface area contributed by atoms with Crippen molar-refractivity contribution in [2.75, 3.05) is 10.6 Å². The number of nitrogens with one attached hydrogen (secondary N) is 3. The van der Waals surface area contributed by atoms with Crippen LogP contribution in [0, 0.1) is 11.8 Å². The van der Waals surface area contributed by atoms with Gasteiger partial charge in [0.25, 0.3) is 0 Å². The number of allylic oxidation sites excluding steroid dienone is 2. The number of piperidine rings is 1. The van der Waals surface area contributed by atoms with E-state index in [1.165, 1.54) is 6.92 Å². The minimum Gasteiger partial charge on any atom is -0.329 e. The van der Waals surface area contributed by atoms with Crippen LogP contribution in [-0.4, -0.2) is 23.5 Å². The molecule has 1 saturated heterocycles. The van der Waals surface area contributed by atoms with Crippen molar-refractivity contribution in [2.24, 2.45) is 11.8 Å². The van der Waals surface area contributed by atoms with Crippen LogP contribution in [0.3, 0.4) is 0 Å². The lowest BCUT2D eigenvalue weighted by molar-refractivity contribution is -0.135. The van der Waals surface area contributed by atoms with Crippen molar-refractivity contribution in [1.29, 1.82) is 0 Å². The van der Waals surface area contributed by atoms with Crippen molar-refractivity contribution < 1.29 is 19.2 Å². The summed E-state index contributed by atoms with van der Waals surface area (Å²) in [7, 11) is 0. The standard InChI is InChI=1S/C18H19N3O4/c1-10(22)19-11-5-7-12(8-6-11)20-18(25)13-9-16(24)21-14-3-2-4-15(23)17(13)14/h3,5-8,13,17H,2,4,9H2,1H3,(H,19,22)(H,20,25)(H,21,24)/t13-,17-/m0/s1. The number of hydrogen-bond acceptors (Lipinski definition) is 4. The third-order valence-electron chi connectivity index (χ3n) is 4.34. The fourth-order valence-electron chi connectivity index (χ4n) is 3.24. The number of amides is 3. The number of anilines is 2. The maximum atomic E-state index is 12.6. The first-order chi connectivity index (χ1) is 11.9. The molecule has 1 aromatic carbocycles. The summed E-state index contributed by atoms with van der Waals surface area (Å²) < 4.78 is 0. The van der Waals surface area contributed by atoms with Crippen LogP contribution >= 0.6 is 0 Å². The molecule has 0 unspecified atom stereocenters. The van der Waals surface area contributed by atoms with Crippen molar-refractivity contribution >= 4 is 34.9 Å². The highest BCUT2D eigenvalue weighted by Crippen LogP contribution is 2.33. The van der Waals surface area contributed by atoms with Crippen molar-refractivity contribution in [3.05, 3.63) is 36.0 Å². The first kappa shape index (κ1) is 16.9. The summed E-state index contributed by atoms with van der Waals surface area (Å²) >= 11 is 0. The second-order valence-electron chi connectivity index (χ2n) is 6.25. The molecule has 1 aliphatic heterocycles. The van der Waals surface area contributed by atoms with Crippen LogP contribution in [0.4, 0.5) is 11.4 Å². The van der Waals surface area contributed by atoms with Gasteiger partial charge < -0.3 is 16.0 Å². The molecule has 1 heterocycles. The molecule has 25 heavy (non-hydrogen) atoms. The van der Waals surface area contributed by atoms with Crippen LogP contribution in [-0.2, 0) is 19.2 Å². The average Bonchev–Trinajstić information content (AvgIpc) is 2.55. The third kappa shape index (κ3) is 3.76. The highest BCUT2D eigenvalue weighted by Gasteiger charge is 2.42. The van der Waals surface area contributed by atoms with Gasteiger partial charge in [-0.3, -0.25) is 19.2 Å². The molecule has 3 rings (SSSR count). The summed E-state index contributed by atoms with van der Waals surface area (Å²) in [6.45, 7) is 1.41. The molecule has 0 aromatic heterocycles. The van der Waals surface area contributed by atoms with Gasteiger partial charge in [-0.2, -0.15) is 0 Å². The van der Waals surface area contributed by atoms with Gasteiger partial charge in [-0.1, -0.05) is 6.08 Å². The van der Waals surface area contributed by atoms with Gasteiger partial charge in [-0.05, 0) is 30.7 Å². The first-order valence-corrected chi connectivity index (χ1v) is 8.15. The van der Waals surface area contributed by atoms with Gasteiger partial charge in [-0.25, -0.2) is 0 Å². The molecule has 0 bridgehead atoms.